The molecule has 0 saturated carbocycles. The van der Waals surface area contributed by atoms with Crippen LogP contribution in [-0.2, 0) is 33.6 Å². The largest absolute Gasteiger partial charge is 0.497 e. The van der Waals surface area contributed by atoms with Crippen LogP contribution in [0, 0.1) is 11.6 Å². The molecule has 0 radical (unpaired) electrons. The van der Waals surface area contributed by atoms with E-state index in [-0.39, 0.29) is 44.7 Å². The summed E-state index contributed by atoms with van der Waals surface area (Å²) in [4.78, 5) is 58.3. The lowest BCUT2D eigenvalue weighted by Gasteiger charge is -2.33. The van der Waals surface area contributed by atoms with Gasteiger partial charge in [-0.3, -0.25) is 24.7 Å². The van der Waals surface area contributed by atoms with Crippen molar-refractivity contribution in [3.8, 4) is 5.75 Å². The van der Waals surface area contributed by atoms with Crippen LogP contribution in [0.5, 0.6) is 5.75 Å². The molecule has 1 aliphatic heterocycles. The molecule has 10 nitrogen and oxygen atoms in total. The number of nitrogens with one attached hydrogen (secondary N) is 1. The lowest BCUT2D eigenvalue weighted by atomic mass is 10.1. The highest BCUT2D eigenvalue weighted by Crippen LogP contribution is 2.22. The minimum Gasteiger partial charge on any atom is -0.497 e. The zero-order valence-electron chi connectivity index (χ0n) is 25.2. The molecule has 1 saturated heterocycles. The molecule has 1 fully saturated rings. The molecule has 1 heterocycles. The smallest absolute Gasteiger partial charge is 0.338 e. The molecule has 3 N–H and O–H groups in total. The molecule has 45 heavy (non-hydrogen) atoms. The monoisotopic (exact) mass is 621 g/mol. The van der Waals surface area contributed by atoms with Crippen LogP contribution >= 0.6 is 0 Å². The van der Waals surface area contributed by atoms with Gasteiger partial charge in [-0.1, -0.05) is 36.4 Å². The van der Waals surface area contributed by atoms with Crippen molar-refractivity contribution < 1.29 is 32.7 Å². The maximum atomic E-state index is 14.1. The minimum atomic E-state index is -1.29. The first kappa shape index (κ1) is 33.1. The molecule has 0 spiro atoms. The number of carbonyl (C=O) groups is 4. The fraction of sp³-hybridized carbons (Fsp3) is 0.333. The number of methoxy groups -OCH3 is 1. The number of hydrazine groups is 1. The van der Waals surface area contributed by atoms with E-state index in [0.717, 1.165) is 21.6 Å². The number of amides is 5. The summed E-state index contributed by atoms with van der Waals surface area (Å²) in [5.74, 6) is 3.64. The number of hydrogen-bond donors (Lipinski definition) is 2. The molecule has 0 aliphatic carbocycles. The van der Waals surface area contributed by atoms with E-state index in [0.29, 0.717) is 12.2 Å². The molecule has 2 atom stereocenters. The minimum absolute atomic E-state index is 0.0425. The molecular formula is C33H37F2N5O5. The molecule has 2 unspecified atom stereocenters. The van der Waals surface area contributed by atoms with Crippen molar-refractivity contribution >= 4 is 23.8 Å². The average Bonchev–Trinajstić information content (AvgIpc) is 3.13. The highest BCUT2D eigenvalue weighted by molar-refractivity contribution is 6.02. The number of imide groups is 1. The highest BCUT2D eigenvalue weighted by Gasteiger charge is 2.43. The Labute approximate surface area is 260 Å². The van der Waals surface area contributed by atoms with Crippen molar-refractivity contribution in [3.63, 3.8) is 0 Å². The van der Waals surface area contributed by atoms with Crippen LogP contribution in [0.1, 0.15) is 30.0 Å². The quantitative estimate of drug-likeness (QED) is 0.193. The molecule has 0 bridgehead atoms. The molecule has 0 aromatic heterocycles. The van der Waals surface area contributed by atoms with Gasteiger partial charge in [-0.2, -0.15) is 0 Å². The topological polar surface area (TPSA) is 125 Å². The van der Waals surface area contributed by atoms with Crippen LogP contribution in [0.25, 0.3) is 0 Å². The van der Waals surface area contributed by atoms with Crippen molar-refractivity contribution in [2.45, 2.75) is 44.7 Å². The normalized spacial score (nSPS) is 16.7. The van der Waals surface area contributed by atoms with Crippen molar-refractivity contribution in [2.24, 2.45) is 5.84 Å². The molecule has 4 rings (SSSR count). The Kier molecular flexibility index (Phi) is 11.2. The molecule has 3 aromatic rings. The lowest BCUT2D eigenvalue weighted by Crippen LogP contribution is -2.57. The number of halogens is 2. The Morgan fingerprint density at radius 1 is 0.844 bits per heavy atom. The summed E-state index contributed by atoms with van der Waals surface area (Å²) in [6, 6.07) is 15.7. The van der Waals surface area contributed by atoms with Gasteiger partial charge in [0.1, 0.15) is 29.5 Å². The van der Waals surface area contributed by atoms with Crippen LogP contribution in [0.4, 0.5) is 13.6 Å². The van der Waals surface area contributed by atoms with E-state index < -0.39 is 41.7 Å². The molecule has 1 aliphatic rings. The second kappa shape index (κ2) is 15.2. The third-order valence-electron chi connectivity index (χ3n) is 7.98. The third-order valence-corrected chi connectivity index (χ3v) is 7.98. The first-order valence-corrected chi connectivity index (χ1v) is 14.6. The summed E-state index contributed by atoms with van der Waals surface area (Å²) in [5.41, 5.74) is 4.32. The Hall–Kier alpha value is -4.84. The Morgan fingerprint density at radius 2 is 1.33 bits per heavy atom. The number of rotatable bonds is 11. The van der Waals surface area contributed by atoms with Crippen LogP contribution in [0.15, 0.2) is 72.8 Å². The average molecular weight is 622 g/mol. The van der Waals surface area contributed by atoms with E-state index in [9.17, 15) is 28.0 Å². The number of nitrogens with zero attached hydrogens (tertiary/aromatic N) is 3. The fourth-order valence-corrected chi connectivity index (χ4v) is 5.34. The van der Waals surface area contributed by atoms with Crippen molar-refractivity contribution in [2.75, 3.05) is 26.7 Å². The number of urea groups is 1. The predicted molar refractivity (Wildman–Crippen MR) is 163 cm³/mol. The summed E-state index contributed by atoms with van der Waals surface area (Å²) < 4.78 is 32.1. The van der Waals surface area contributed by atoms with Gasteiger partial charge in [0, 0.05) is 19.6 Å². The molecule has 3 aromatic carbocycles. The van der Waals surface area contributed by atoms with Gasteiger partial charge in [-0.15, -0.1) is 0 Å². The first-order valence-electron chi connectivity index (χ1n) is 14.6. The molecule has 238 valence electrons. The Morgan fingerprint density at radius 3 is 1.84 bits per heavy atom. The van der Waals surface area contributed by atoms with E-state index in [1.165, 1.54) is 34.1 Å². The fourth-order valence-electron chi connectivity index (χ4n) is 5.34. The van der Waals surface area contributed by atoms with Gasteiger partial charge in [0.2, 0.25) is 11.8 Å². The van der Waals surface area contributed by atoms with E-state index in [1.807, 2.05) is 5.43 Å². The summed E-state index contributed by atoms with van der Waals surface area (Å²) in [6.07, 6.45) is 0.564. The maximum absolute atomic E-state index is 14.1. The van der Waals surface area contributed by atoms with Crippen LogP contribution in [0.2, 0.25) is 0 Å². The van der Waals surface area contributed by atoms with E-state index in [2.05, 4.69) is 0 Å². The molecule has 12 heteroatoms. The maximum Gasteiger partial charge on any atom is 0.338 e. The van der Waals surface area contributed by atoms with E-state index in [1.54, 1.807) is 62.6 Å². The summed E-state index contributed by atoms with van der Waals surface area (Å²) in [7, 11) is 1.54. The predicted octanol–water partition coefficient (Wildman–Crippen LogP) is 3.23. The Balaban J connectivity index is 1.60. The van der Waals surface area contributed by atoms with Crippen molar-refractivity contribution in [1.82, 2.24) is 20.1 Å². The number of hydrogen-bond acceptors (Lipinski definition) is 6. The van der Waals surface area contributed by atoms with Gasteiger partial charge in [0.25, 0.3) is 5.91 Å². The third kappa shape index (κ3) is 8.42. The van der Waals surface area contributed by atoms with Crippen molar-refractivity contribution in [1.29, 1.82) is 0 Å². The summed E-state index contributed by atoms with van der Waals surface area (Å²) in [6.45, 7) is 1.73. The number of nitrogens with two attached hydrogens (primary N) is 1. The van der Waals surface area contributed by atoms with Crippen molar-refractivity contribution in [3.05, 3.63) is 101 Å². The molecule has 5 amide bonds. The highest BCUT2D eigenvalue weighted by atomic mass is 19.1. The number of carbonyl (C=O) groups excluding carboxylic acids is 4. The van der Waals surface area contributed by atoms with Gasteiger partial charge >= 0.3 is 6.03 Å². The van der Waals surface area contributed by atoms with Gasteiger partial charge in [0.15, 0.2) is 0 Å². The standard InChI is InChI=1S/C33H37F2N5O5/c1-22-31(42)39(19-16-24-5-11-27(35)12-6-24)29(21-30(41)38(22)18-15-23-3-9-26(34)10-4-23)32(43)40(33(44)37-36)20-17-25-7-13-28(45-2)14-8-25/h3-14,22,29H,15-21,36H2,1-2H3,(H,37,44). The van der Waals surface area contributed by atoms with Gasteiger partial charge in [0.05, 0.1) is 13.5 Å². The van der Waals surface area contributed by atoms with Crippen LogP contribution < -0.4 is 16.0 Å². The van der Waals surface area contributed by atoms with Crippen LogP contribution in [-0.4, -0.2) is 77.3 Å². The summed E-state index contributed by atoms with van der Waals surface area (Å²) in [5, 5.41) is 0. The van der Waals surface area contributed by atoms with Gasteiger partial charge < -0.3 is 14.5 Å². The van der Waals surface area contributed by atoms with Crippen LogP contribution in [0.3, 0.4) is 0 Å². The Bertz CT molecular complexity index is 1480. The lowest BCUT2D eigenvalue weighted by molar-refractivity contribution is -0.145. The van der Waals surface area contributed by atoms with Gasteiger partial charge in [-0.05, 0) is 79.3 Å². The van der Waals surface area contributed by atoms with Gasteiger partial charge in [-0.25, -0.2) is 19.4 Å². The SMILES string of the molecule is COc1ccc(CCN(C(=O)NN)C(=O)C2CC(=O)N(CCc3ccc(F)cc3)C(C)C(=O)N2CCc2ccc(F)cc2)cc1. The van der Waals surface area contributed by atoms with E-state index >= 15 is 0 Å². The number of benzene rings is 3. The second-order valence-corrected chi connectivity index (χ2v) is 10.8. The zero-order chi connectivity index (χ0) is 32.5. The molecular weight excluding hydrogens is 584 g/mol. The van der Waals surface area contributed by atoms with E-state index in [4.69, 9.17) is 10.6 Å². The number of ether oxygens (including phenoxy) is 1. The second-order valence-electron chi connectivity index (χ2n) is 10.8. The summed E-state index contributed by atoms with van der Waals surface area (Å²) >= 11 is 0. The first-order chi connectivity index (χ1) is 21.6. The zero-order valence-corrected chi connectivity index (χ0v) is 25.2.